The van der Waals surface area contributed by atoms with E-state index in [0.29, 0.717) is 11.5 Å². The van der Waals surface area contributed by atoms with Crippen LogP contribution in [0.15, 0.2) is 164 Å². The third kappa shape index (κ3) is 9.15. The van der Waals surface area contributed by atoms with Gasteiger partial charge in [-0.25, -0.2) is 4.98 Å². The van der Waals surface area contributed by atoms with Crippen molar-refractivity contribution in [3.05, 3.63) is 211 Å². The maximum Gasteiger partial charge on any atom is 0.135 e. The van der Waals surface area contributed by atoms with Gasteiger partial charge in [0, 0.05) is 66.8 Å². The molecule has 10 rings (SSSR count). The van der Waals surface area contributed by atoms with E-state index in [1.807, 2.05) is 24.4 Å². The average molecular weight is 1090 g/mol. The summed E-state index contributed by atoms with van der Waals surface area (Å²) in [6.07, 6.45) is 1.92. The van der Waals surface area contributed by atoms with Gasteiger partial charge in [-0.05, 0) is 103 Å². The zero-order valence-corrected chi connectivity index (χ0v) is 44.0. The molecule has 3 heterocycles. The fourth-order valence-corrected chi connectivity index (χ4v) is 9.40. The Morgan fingerprint density at radius 3 is 1.86 bits per heavy atom. The van der Waals surface area contributed by atoms with Crippen LogP contribution in [0.3, 0.4) is 0 Å². The molecular formula is C63H61N4OPt-3. The van der Waals surface area contributed by atoms with Crippen LogP contribution in [-0.4, -0.2) is 9.55 Å². The van der Waals surface area contributed by atoms with Gasteiger partial charge in [-0.15, -0.1) is 48.1 Å². The van der Waals surface area contributed by atoms with Gasteiger partial charge in [0.2, 0.25) is 0 Å². The van der Waals surface area contributed by atoms with E-state index in [0.717, 1.165) is 50.4 Å². The van der Waals surface area contributed by atoms with Gasteiger partial charge in [-0.2, -0.15) is 12.1 Å². The molecule has 69 heavy (non-hydrogen) atoms. The molecule has 0 saturated carbocycles. The molecule has 0 N–H and O–H groups in total. The first-order chi connectivity index (χ1) is 32.3. The molecule has 0 atom stereocenters. The first-order valence-electron chi connectivity index (χ1n) is 23.9. The van der Waals surface area contributed by atoms with Crippen LogP contribution >= 0.6 is 0 Å². The SMILES string of the molecule is CC(C)(C)c1cc(-c2ccccc2)cc(N2[CH-]N(c3[c-]c(Oc4[c-]c5c(cc4)c4cc(C(C)(C)c6ccccc6)ccc4n5-c4cc(C(C)(C)C)ccn4)ccc3)c3ccc(C(C)(C)C)cc32)c1.[Pt]. The van der Waals surface area contributed by atoms with Gasteiger partial charge in [-0.3, -0.25) is 0 Å². The molecule has 0 aliphatic carbocycles. The number of ether oxygens (including phenoxy) is 1. The molecule has 2 aromatic heterocycles. The van der Waals surface area contributed by atoms with E-state index in [2.05, 4.69) is 249 Å². The smallest absolute Gasteiger partial charge is 0.135 e. The largest absolute Gasteiger partial charge is 0.509 e. The number of rotatable bonds is 8. The van der Waals surface area contributed by atoms with Crippen LogP contribution in [0, 0.1) is 18.8 Å². The van der Waals surface area contributed by atoms with E-state index < -0.39 is 0 Å². The van der Waals surface area contributed by atoms with E-state index in [1.54, 1.807) is 0 Å². The zero-order valence-electron chi connectivity index (χ0n) is 41.7. The summed E-state index contributed by atoms with van der Waals surface area (Å²) in [6, 6.07) is 64.1. The molecule has 0 saturated heterocycles. The Morgan fingerprint density at radius 2 is 1.14 bits per heavy atom. The second-order valence-electron chi connectivity index (χ2n) is 22.0. The molecule has 0 radical (unpaired) electrons. The minimum Gasteiger partial charge on any atom is -0.509 e. The fourth-order valence-electron chi connectivity index (χ4n) is 9.40. The molecular weight excluding hydrogens is 1020 g/mol. The van der Waals surface area contributed by atoms with Crippen molar-refractivity contribution in [2.45, 2.75) is 97.8 Å². The van der Waals surface area contributed by atoms with Crippen LogP contribution < -0.4 is 14.5 Å². The minimum absolute atomic E-state index is 0. The molecule has 352 valence electrons. The first kappa shape index (κ1) is 47.6. The maximum atomic E-state index is 6.77. The van der Waals surface area contributed by atoms with Crippen molar-refractivity contribution in [2.24, 2.45) is 0 Å². The molecule has 0 amide bonds. The number of fused-ring (bicyclic) bond motifs is 4. The van der Waals surface area contributed by atoms with Crippen molar-refractivity contribution in [1.82, 2.24) is 9.55 Å². The Morgan fingerprint density at radius 1 is 0.478 bits per heavy atom. The van der Waals surface area contributed by atoms with Crippen molar-refractivity contribution >= 4 is 44.6 Å². The summed E-state index contributed by atoms with van der Waals surface area (Å²) in [5, 5.41) is 2.23. The molecule has 7 aromatic carbocycles. The van der Waals surface area contributed by atoms with Crippen molar-refractivity contribution in [3.63, 3.8) is 0 Å². The summed E-state index contributed by atoms with van der Waals surface area (Å²) in [5.41, 5.74) is 14.5. The van der Waals surface area contributed by atoms with Crippen molar-refractivity contribution < 1.29 is 25.8 Å². The molecule has 5 nitrogen and oxygen atoms in total. The zero-order chi connectivity index (χ0) is 47.8. The number of aromatic nitrogens is 2. The molecule has 6 heteroatoms. The second-order valence-corrected chi connectivity index (χ2v) is 22.0. The number of pyridine rings is 1. The molecule has 9 aromatic rings. The second kappa shape index (κ2) is 17.8. The normalized spacial score (nSPS) is 13.2. The molecule has 0 fully saturated rings. The summed E-state index contributed by atoms with van der Waals surface area (Å²) >= 11 is 0. The van der Waals surface area contributed by atoms with Crippen LogP contribution in [0.2, 0.25) is 0 Å². The van der Waals surface area contributed by atoms with Gasteiger partial charge in [0.25, 0.3) is 0 Å². The van der Waals surface area contributed by atoms with E-state index in [9.17, 15) is 0 Å². The van der Waals surface area contributed by atoms with Crippen LogP contribution in [0.4, 0.5) is 22.7 Å². The Balaban J connectivity index is 0.00000593. The van der Waals surface area contributed by atoms with Crippen LogP contribution in [-0.2, 0) is 42.7 Å². The Bertz CT molecular complexity index is 3330. The number of anilines is 4. The van der Waals surface area contributed by atoms with E-state index >= 15 is 0 Å². The predicted molar refractivity (Wildman–Crippen MR) is 284 cm³/mol. The van der Waals surface area contributed by atoms with Crippen molar-refractivity contribution in [3.8, 4) is 28.4 Å². The number of hydrogen-bond acceptors (Lipinski definition) is 4. The third-order valence-corrected chi connectivity index (χ3v) is 13.7. The van der Waals surface area contributed by atoms with Gasteiger partial charge >= 0.3 is 0 Å². The van der Waals surface area contributed by atoms with Gasteiger partial charge < -0.3 is 19.1 Å². The van der Waals surface area contributed by atoms with Crippen LogP contribution in [0.5, 0.6) is 11.5 Å². The Labute approximate surface area is 424 Å². The Kier molecular flexibility index (Phi) is 12.3. The molecule has 1 aliphatic rings. The van der Waals surface area contributed by atoms with Gasteiger partial charge in [0.15, 0.2) is 0 Å². The van der Waals surface area contributed by atoms with E-state index in [4.69, 9.17) is 9.72 Å². The summed E-state index contributed by atoms with van der Waals surface area (Å²) in [7, 11) is 0. The molecule has 0 unspecified atom stereocenters. The number of hydrogen-bond donors (Lipinski definition) is 0. The van der Waals surface area contributed by atoms with Gasteiger partial charge in [0.05, 0.1) is 0 Å². The minimum atomic E-state index is -0.206. The van der Waals surface area contributed by atoms with Crippen molar-refractivity contribution in [2.75, 3.05) is 9.80 Å². The maximum absolute atomic E-state index is 6.77. The standard InChI is InChI=1S/C63H61N4O.Pt/c1-60(2,3)45-25-30-56-58(37-45)66(50-34-43(42-19-14-12-15-20-42)33-48(35-50)62(7,8)9)41-65(56)49-23-18-24-51(39-49)68-52-27-28-53-54-36-47(63(10,11)44-21-16-13-17-22-44)26-29-55(54)67(57(53)40-52)59-38-46(31-32-64-59)61(4,5)6;/h12-38,41H,1-11H3;/q-3;. The summed E-state index contributed by atoms with van der Waals surface area (Å²) < 4.78 is 9.01. The third-order valence-electron chi connectivity index (χ3n) is 13.7. The van der Waals surface area contributed by atoms with Crippen molar-refractivity contribution in [1.29, 1.82) is 0 Å². The van der Waals surface area contributed by atoms with E-state index in [1.165, 1.54) is 38.9 Å². The van der Waals surface area contributed by atoms with Crippen LogP contribution in [0.25, 0.3) is 38.8 Å². The summed E-state index contributed by atoms with van der Waals surface area (Å²) in [4.78, 5) is 9.54. The number of benzene rings is 7. The number of nitrogens with zero attached hydrogens (tertiary/aromatic N) is 4. The monoisotopic (exact) mass is 1080 g/mol. The van der Waals surface area contributed by atoms with Crippen LogP contribution in [0.1, 0.15) is 104 Å². The fraction of sp³-hybridized carbons (Fsp3) is 0.238. The summed E-state index contributed by atoms with van der Waals surface area (Å²) in [6.45, 7) is 27.2. The molecule has 0 bridgehead atoms. The Hall–Kier alpha value is -6.42. The topological polar surface area (TPSA) is 33.5 Å². The van der Waals surface area contributed by atoms with Gasteiger partial charge in [0.1, 0.15) is 5.82 Å². The predicted octanol–water partition coefficient (Wildman–Crippen LogP) is 16.9. The van der Waals surface area contributed by atoms with E-state index in [-0.39, 0.29) is 42.7 Å². The van der Waals surface area contributed by atoms with Gasteiger partial charge in [-0.1, -0.05) is 167 Å². The first-order valence-corrected chi connectivity index (χ1v) is 23.9. The quantitative estimate of drug-likeness (QED) is 0.142. The molecule has 0 spiro atoms. The average Bonchev–Trinajstić information content (AvgIpc) is 3.87. The summed E-state index contributed by atoms with van der Waals surface area (Å²) in [5.74, 6) is 2.04. The molecule has 1 aliphatic heterocycles.